The number of phenolic OH excluding ortho intramolecular Hbond substituents is 1. The average molecular weight is 313 g/mol. The number of carbonyl (C=O) groups excluding carboxylic acids is 1. The van der Waals surface area contributed by atoms with Gasteiger partial charge in [0.1, 0.15) is 11.9 Å². The van der Waals surface area contributed by atoms with Crippen molar-refractivity contribution in [3.05, 3.63) is 42.0 Å². The summed E-state index contributed by atoms with van der Waals surface area (Å²) in [4.78, 5) is 12.1. The fraction of sp³-hybridized carbons (Fsp3) is 0.421. The first-order chi connectivity index (χ1) is 10.8. The van der Waals surface area contributed by atoms with E-state index in [1.165, 1.54) is 0 Å². The molecule has 0 bridgehead atoms. The predicted octanol–water partition coefficient (Wildman–Crippen LogP) is 4.52. The van der Waals surface area contributed by atoms with Crippen LogP contribution in [-0.4, -0.2) is 16.7 Å². The molecule has 0 heterocycles. The van der Waals surface area contributed by atoms with Crippen molar-refractivity contribution in [2.45, 2.75) is 45.3 Å². The van der Waals surface area contributed by atoms with Gasteiger partial charge in [0, 0.05) is 16.8 Å². The zero-order valence-corrected chi connectivity index (χ0v) is 13.8. The molecule has 23 heavy (non-hydrogen) atoms. The lowest BCUT2D eigenvalue weighted by molar-refractivity contribution is 0.0791. The SMILES string of the molecule is CC(C)(C)NC(=O)OC(c1cc(O)c2ccccc2c1)C1CC1. The van der Waals surface area contributed by atoms with Crippen LogP contribution in [0.5, 0.6) is 5.75 Å². The third-order valence-electron chi connectivity index (χ3n) is 3.95. The number of rotatable bonds is 3. The van der Waals surface area contributed by atoms with Gasteiger partial charge < -0.3 is 15.2 Å². The number of benzene rings is 2. The summed E-state index contributed by atoms with van der Waals surface area (Å²) < 4.78 is 5.68. The van der Waals surface area contributed by atoms with Crippen LogP contribution in [-0.2, 0) is 4.74 Å². The minimum Gasteiger partial charge on any atom is -0.507 e. The standard InChI is InChI=1S/C19H23NO3/c1-19(2,3)20-18(22)23-17(12-8-9-12)14-10-13-6-4-5-7-15(13)16(21)11-14/h4-7,10-12,17,21H,8-9H2,1-3H3,(H,20,22). The molecular weight excluding hydrogens is 290 g/mol. The van der Waals surface area contributed by atoms with Crippen LogP contribution in [0, 0.1) is 5.92 Å². The number of fused-ring (bicyclic) bond motifs is 1. The first-order valence-electron chi connectivity index (χ1n) is 8.04. The fourth-order valence-electron chi connectivity index (χ4n) is 2.76. The van der Waals surface area contributed by atoms with E-state index in [1.807, 2.05) is 51.1 Å². The van der Waals surface area contributed by atoms with E-state index in [0.29, 0.717) is 5.92 Å². The topological polar surface area (TPSA) is 58.6 Å². The highest BCUT2D eigenvalue weighted by Gasteiger charge is 2.36. The van der Waals surface area contributed by atoms with Gasteiger partial charge in [-0.05, 0) is 56.7 Å². The summed E-state index contributed by atoms with van der Waals surface area (Å²) in [5.41, 5.74) is 0.518. The Labute approximate surface area is 136 Å². The summed E-state index contributed by atoms with van der Waals surface area (Å²) >= 11 is 0. The molecular formula is C19H23NO3. The molecule has 0 spiro atoms. The minimum absolute atomic E-state index is 0.226. The summed E-state index contributed by atoms with van der Waals surface area (Å²) in [5, 5.41) is 14.9. The third-order valence-corrected chi connectivity index (χ3v) is 3.95. The van der Waals surface area contributed by atoms with Gasteiger partial charge in [-0.3, -0.25) is 0 Å². The molecule has 1 atom stereocenters. The molecule has 3 rings (SSSR count). The molecule has 122 valence electrons. The molecule has 1 unspecified atom stereocenters. The Balaban J connectivity index is 1.88. The van der Waals surface area contributed by atoms with Gasteiger partial charge in [-0.25, -0.2) is 4.79 Å². The zero-order valence-electron chi connectivity index (χ0n) is 13.8. The Morgan fingerprint density at radius 1 is 1.26 bits per heavy atom. The Kier molecular flexibility index (Phi) is 3.92. The second-order valence-electron chi connectivity index (χ2n) is 7.30. The van der Waals surface area contributed by atoms with Crippen LogP contribution in [0.25, 0.3) is 10.8 Å². The van der Waals surface area contributed by atoms with E-state index in [1.54, 1.807) is 6.07 Å². The van der Waals surface area contributed by atoms with Crippen molar-refractivity contribution in [1.29, 1.82) is 0 Å². The first kappa shape index (κ1) is 15.7. The van der Waals surface area contributed by atoms with Crippen LogP contribution in [0.15, 0.2) is 36.4 Å². The number of ether oxygens (including phenoxy) is 1. The van der Waals surface area contributed by atoms with E-state index in [9.17, 15) is 9.90 Å². The molecule has 0 aliphatic heterocycles. The van der Waals surface area contributed by atoms with Crippen LogP contribution in [0.2, 0.25) is 0 Å². The number of hydrogen-bond acceptors (Lipinski definition) is 3. The summed E-state index contributed by atoms with van der Waals surface area (Å²) in [5.74, 6) is 0.560. The van der Waals surface area contributed by atoms with Gasteiger partial charge in [0.05, 0.1) is 0 Å². The number of nitrogens with one attached hydrogen (secondary N) is 1. The van der Waals surface area contributed by atoms with Crippen LogP contribution in [0.3, 0.4) is 0 Å². The van der Waals surface area contributed by atoms with Crippen LogP contribution < -0.4 is 5.32 Å². The Morgan fingerprint density at radius 2 is 1.96 bits per heavy atom. The normalized spacial score (nSPS) is 16.1. The average Bonchev–Trinajstić information content (AvgIpc) is 3.27. The van der Waals surface area contributed by atoms with Crippen LogP contribution in [0.4, 0.5) is 4.79 Å². The van der Waals surface area contributed by atoms with Gasteiger partial charge in [-0.2, -0.15) is 0 Å². The highest BCUT2D eigenvalue weighted by Crippen LogP contribution is 2.45. The molecule has 4 nitrogen and oxygen atoms in total. The van der Waals surface area contributed by atoms with Gasteiger partial charge in [0.25, 0.3) is 0 Å². The van der Waals surface area contributed by atoms with Gasteiger partial charge in [-0.1, -0.05) is 24.3 Å². The van der Waals surface area contributed by atoms with Crippen molar-refractivity contribution in [1.82, 2.24) is 5.32 Å². The number of carbonyl (C=O) groups is 1. The quantitative estimate of drug-likeness (QED) is 0.876. The molecule has 0 saturated heterocycles. The molecule has 0 aromatic heterocycles. The van der Waals surface area contributed by atoms with E-state index in [0.717, 1.165) is 29.2 Å². The van der Waals surface area contributed by atoms with Crippen LogP contribution >= 0.6 is 0 Å². The molecule has 1 aliphatic carbocycles. The van der Waals surface area contributed by atoms with Crippen molar-refractivity contribution in [2.24, 2.45) is 5.92 Å². The summed E-state index contributed by atoms with van der Waals surface area (Å²) in [6.45, 7) is 5.76. The number of phenols is 1. The summed E-state index contributed by atoms with van der Waals surface area (Å²) in [7, 11) is 0. The van der Waals surface area contributed by atoms with Crippen molar-refractivity contribution in [3.63, 3.8) is 0 Å². The summed E-state index contributed by atoms with van der Waals surface area (Å²) in [6, 6.07) is 11.4. The van der Waals surface area contributed by atoms with Crippen molar-refractivity contribution in [3.8, 4) is 5.75 Å². The minimum atomic E-state index is -0.415. The lowest BCUT2D eigenvalue weighted by Crippen LogP contribution is -2.41. The maximum absolute atomic E-state index is 12.1. The highest BCUT2D eigenvalue weighted by molar-refractivity contribution is 5.88. The molecule has 4 heteroatoms. The number of aromatic hydroxyl groups is 1. The highest BCUT2D eigenvalue weighted by atomic mass is 16.6. The molecule has 2 aromatic rings. The lowest BCUT2D eigenvalue weighted by atomic mass is 10.00. The Morgan fingerprint density at radius 3 is 2.61 bits per heavy atom. The monoisotopic (exact) mass is 313 g/mol. The lowest BCUT2D eigenvalue weighted by Gasteiger charge is -2.24. The van der Waals surface area contributed by atoms with E-state index in [-0.39, 0.29) is 17.4 Å². The van der Waals surface area contributed by atoms with Gasteiger partial charge in [0.2, 0.25) is 0 Å². The van der Waals surface area contributed by atoms with E-state index < -0.39 is 6.09 Å². The zero-order chi connectivity index (χ0) is 16.6. The molecule has 2 N–H and O–H groups in total. The molecule has 0 radical (unpaired) electrons. The molecule has 1 fully saturated rings. The van der Waals surface area contributed by atoms with Crippen molar-refractivity contribution < 1.29 is 14.6 Å². The van der Waals surface area contributed by atoms with Crippen molar-refractivity contribution >= 4 is 16.9 Å². The maximum atomic E-state index is 12.1. The first-order valence-corrected chi connectivity index (χ1v) is 8.04. The van der Waals surface area contributed by atoms with Gasteiger partial charge in [-0.15, -0.1) is 0 Å². The van der Waals surface area contributed by atoms with E-state index in [2.05, 4.69) is 5.32 Å². The number of alkyl carbamates (subject to hydrolysis) is 1. The molecule has 1 aliphatic rings. The van der Waals surface area contributed by atoms with E-state index in [4.69, 9.17) is 4.74 Å². The van der Waals surface area contributed by atoms with Gasteiger partial charge >= 0.3 is 6.09 Å². The third kappa shape index (κ3) is 3.76. The Hall–Kier alpha value is -2.23. The van der Waals surface area contributed by atoms with Crippen molar-refractivity contribution in [2.75, 3.05) is 0 Å². The summed E-state index contributed by atoms with van der Waals surface area (Å²) in [6.07, 6.45) is 1.36. The van der Waals surface area contributed by atoms with Gasteiger partial charge in [0.15, 0.2) is 0 Å². The Bertz CT molecular complexity index is 729. The smallest absolute Gasteiger partial charge is 0.408 e. The number of amides is 1. The number of hydrogen-bond donors (Lipinski definition) is 2. The second kappa shape index (κ2) is 5.76. The second-order valence-corrected chi connectivity index (χ2v) is 7.30. The fourth-order valence-corrected chi connectivity index (χ4v) is 2.76. The predicted molar refractivity (Wildman–Crippen MR) is 90.4 cm³/mol. The van der Waals surface area contributed by atoms with Crippen LogP contribution in [0.1, 0.15) is 45.3 Å². The largest absolute Gasteiger partial charge is 0.507 e. The maximum Gasteiger partial charge on any atom is 0.408 e. The van der Waals surface area contributed by atoms with E-state index >= 15 is 0 Å². The molecule has 2 aromatic carbocycles. The molecule has 1 amide bonds. The molecule has 1 saturated carbocycles.